The fraction of sp³-hybridized carbons (Fsp3) is 0.444. The first-order valence-electron chi connectivity index (χ1n) is 8.32. The Morgan fingerprint density at radius 2 is 2.04 bits per heavy atom. The number of fused-ring (bicyclic) bond motifs is 1. The molecule has 1 fully saturated rings. The molecule has 0 bridgehead atoms. The number of aliphatic imine (C=N–C) groups is 1. The van der Waals surface area contributed by atoms with Crippen molar-refractivity contribution >= 4 is 17.4 Å². The number of methoxy groups -OCH3 is 1. The lowest BCUT2D eigenvalue weighted by Crippen LogP contribution is -2.59. The lowest BCUT2D eigenvalue weighted by Gasteiger charge is -2.40. The molecule has 9 heteroatoms. The second kappa shape index (κ2) is 8.05. The van der Waals surface area contributed by atoms with Crippen LogP contribution >= 0.6 is 0 Å². The van der Waals surface area contributed by atoms with Crippen molar-refractivity contribution in [1.82, 2.24) is 0 Å². The van der Waals surface area contributed by atoms with Crippen LogP contribution in [-0.2, 0) is 9.47 Å². The van der Waals surface area contributed by atoms with Gasteiger partial charge in [-0.05, 0) is 24.6 Å². The van der Waals surface area contributed by atoms with Gasteiger partial charge in [0, 0.05) is 17.5 Å². The van der Waals surface area contributed by atoms with E-state index in [0.717, 1.165) is 17.4 Å². The van der Waals surface area contributed by atoms with Crippen LogP contribution in [0.1, 0.15) is 5.56 Å². The van der Waals surface area contributed by atoms with Crippen molar-refractivity contribution in [2.75, 3.05) is 13.7 Å². The summed E-state index contributed by atoms with van der Waals surface area (Å²) < 4.78 is 21.3. The van der Waals surface area contributed by atoms with Gasteiger partial charge in [-0.2, -0.15) is 0 Å². The van der Waals surface area contributed by atoms with Gasteiger partial charge in [0.05, 0.1) is 13.7 Å². The van der Waals surface area contributed by atoms with Crippen LogP contribution in [0.15, 0.2) is 38.5 Å². The average Bonchev–Trinajstić information content (AvgIpc) is 2.63. The zero-order valence-electron chi connectivity index (χ0n) is 14.8. The van der Waals surface area contributed by atoms with Crippen LogP contribution < -0.4 is 10.4 Å². The molecular weight excluding hydrogens is 358 g/mol. The van der Waals surface area contributed by atoms with Crippen molar-refractivity contribution in [3.63, 3.8) is 0 Å². The van der Waals surface area contributed by atoms with Gasteiger partial charge in [-0.3, -0.25) is 0 Å². The number of ether oxygens (including phenoxy) is 3. The molecule has 2 aromatic rings. The van der Waals surface area contributed by atoms with Gasteiger partial charge in [0.15, 0.2) is 6.40 Å². The third-order valence-corrected chi connectivity index (χ3v) is 4.36. The van der Waals surface area contributed by atoms with E-state index in [1.807, 2.05) is 0 Å². The summed E-state index contributed by atoms with van der Waals surface area (Å²) in [5.41, 5.74) is 0.625. The van der Waals surface area contributed by atoms with Gasteiger partial charge in [-0.1, -0.05) is 0 Å². The molecule has 146 valence electrons. The Bertz CT molecular complexity index is 879. The minimum absolute atomic E-state index is 0.305. The van der Waals surface area contributed by atoms with Crippen LogP contribution in [0.2, 0.25) is 0 Å². The van der Waals surface area contributed by atoms with Crippen molar-refractivity contribution in [2.24, 2.45) is 4.99 Å². The van der Waals surface area contributed by atoms with E-state index in [2.05, 4.69) is 4.99 Å². The molecular formula is C18H21NO8. The summed E-state index contributed by atoms with van der Waals surface area (Å²) in [4.78, 5) is 15.6. The summed E-state index contributed by atoms with van der Waals surface area (Å²) in [5, 5.41) is 30.5. The quantitative estimate of drug-likeness (QED) is 0.375. The van der Waals surface area contributed by atoms with Gasteiger partial charge in [0.25, 0.3) is 0 Å². The Kier molecular flexibility index (Phi) is 5.76. The van der Waals surface area contributed by atoms with E-state index in [9.17, 15) is 20.1 Å². The number of rotatable bonds is 5. The van der Waals surface area contributed by atoms with Gasteiger partial charge in [-0.15, -0.1) is 0 Å². The first kappa shape index (κ1) is 19.3. The highest BCUT2D eigenvalue weighted by Gasteiger charge is 2.45. The summed E-state index contributed by atoms with van der Waals surface area (Å²) in [7, 11) is 1.38. The maximum Gasteiger partial charge on any atom is 0.336 e. The number of aliphatic hydroxyl groups excluding tert-OH is 3. The lowest BCUT2D eigenvalue weighted by atomic mass is 9.97. The van der Waals surface area contributed by atoms with E-state index in [1.54, 1.807) is 19.1 Å². The molecule has 3 N–H and O–H groups in total. The van der Waals surface area contributed by atoms with E-state index in [0.29, 0.717) is 11.3 Å². The highest BCUT2D eigenvalue weighted by atomic mass is 16.7. The molecule has 1 aromatic heterocycles. The molecule has 27 heavy (non-hydrogen) atoms. The van der Waals surface area contributed by atoms with Gasteiger partial charge < -0.3 is 33.9 Å². The zero-order chi connectivity index (χ0) is 19.6. The highest BCUT2D eigenvalue weighted by molar-refractivity contribution is 5.81. The Hall–Kier alpha value is -2.46. The van der Waals surface area contributed by atoms with E-state index in [-0.39, 0.29) is 0 Å². The molecule has 5 atom stereocenters. The fourth-order valence-corrected chi connectivity index (χ4v) is 2.97. The molecule has 0 radical (unpaired) electrons. The second-order valence-corrected chi connectivity index (χ2v) is 6.21. The molecule has 0 saturated carbocycles. The van der Waals surface area contributed by atoms with Gasteiger partial charge in [0.1, 0.15) is 35.7 Å². The molecule has 1 aliphatic heterocycles. The standard InChI is InChI=1S/C18H21NO8/c1-9-5-14(21)26-12-6-10(3-4-11(9)12)25-18-15(19-8-24-2)17(23)16(22)13(7-20)27-18/h3-6,8,13,15-18,20,22-23H,7H2,1-2H3. The van der Waals surface area contributed by atoms with E-state index < -0.39 is 42.9 Å². The van der Waals surface area contributed by atoms with Crippen LogP contribution in [0.5, 0.6) is 5.75 Å². The van der Waals surface area contributed by atoms with Crippen molar-refractivity contribution < 1.29 is 33.9 Å². The summed E-state index contributed by atoms with van der Waals surface area (Å²) in [6.07, 6.45) is -3.73. The van der Waals surface area contributed by atoms with Gasteiger partial charge in [-0.25, -0.2) is 9.79 Å². The molecule has 1 aromatic carbocycles. The average molecular weight is 379 g/mol. The molecule has 2 heterocycles. The van der Waals surface area contributed by atoms with E-state index >= 15 is 0 Å². The molecule has 5 unspecified atom stereocenters. The summed E-state index contributed by atoms with van der Waals surface area (Å²) in [6.45, 7) is 1.29. The largest absolute Gasteiger partial charge is 0.487 e. The molecule has 0 amide bonds. The maximum atomic E-state index is 11.6. The van der Waals surface area contributed by atoms with E-state index in [1.165, 1.54) is 19.2 Å². The van der Waals surface area contributed by atoms with Crippen molar-refractivity contribution in [3.8, 4) is 5.75 Å². The maximum absolute atomic E-state index is 11.6. The van der Waals surface area contributed by atoms with Gasteiger partial charge in [0.2, 0.25) is 6.29 Å². The van der Waals surface area contributed by atoms with Crippen LogP contribution in [-0.4, -0.2) is 66.1 Å². The third-order valence-electron chi connectivity index (χ3n) is 4.36. The topological polar surface area (TPSA) is 131 Å². The molecule has 1 saturated heterocycles. The van der Waals surface area contributed by atoms with Crippen molar-refractivity contribution in [2.45, 2.75) is 37.6 Å². The summed E-state index contributed by atoms with van der Waals surface area (Å²) in [6, 6.07) is 5.31. The lowest BCUT2D eigenvalue weighted by molar-refractivity contribution is -0.238. The minimum atomic E-state index is -1.34. The summed E-state index contributed by atoms with van der Waals surface area (Å²) >= 11 is 0. The van der Waals surface area contributed by atoms with Crippen molar-refractivity contribution in [3.05, 3.63) is 40.2 Å². The number of aryl methyl sites for hydroxylation is 1. The molecule has 3 rings (SSSR count). The SMILES string of the molecule is COC=NC1C(Oc2ccc3c(C)cc(=O)oc3c2)OC(CO)C(O)C1O. The van der Waals surface area contributed by atoms with Crippen LogP contribution in [0.3, 0.4) is 0 Å². The van der Waals surface area contributed by atoms with E-state index in [4.69, 9.17) is 18.6 Å². The Balaban J connectivity index is 1.91. The molecule has 0 aliphatic carbocycles. The Labute approximate surface area is 154 Å². The number of benzene rings is 1. The predicted molar refractivity (Wildman–Crippen MR) is 94.9 cm³/mol. The third kappa shape index (κ3) is 3.96. The normalized spacial score (nSPS) is 28.6. The Morgan fingerprint density at radius 1 is 1.26 bits per heavy atom. The second-order valence-electron chi connectivity index (χ2n) is 6.21. The van der Waals surface area contributed by atoms with Crippen LogP contribution in [0, 0.1) is 6.92 Å². The number of nitrogens with zero attached hydrogens (tertiary/aromatic N) is 1. The zero-order valence-corrected chi connectivity index (χ0v) is 14.8. The first-order chi connectivity index (χ1) is 12.9. The number of hydrogen-bond donors (Lipinski definition) is 3. The molecule has 0 spiro atoms. The first-order valence-corrected chi connectivity index (χ1v) is 8.32. The molecule has 9 nitrogen and oxygen atoms in total. The van der Waals surface area contributed by atoms with Gasteiger partial charge >= 0.3 is 5.63 Å². The van der Waals surface area contributed by atoms with Crippen LogP contribution in [0.4, 0.5) is 0 Å². The molecule has 1 aliphatic rings. The highest BCUT2D eigenvalue weighted by Crippen LogP contribution is 2.28. The minimum Gasteiger partial charge on any atom is -0.487 e. The number of hydrogen-bond acceptors (Lipinski definition) is 9. The number of aliphatic hydroxyl groups is 3. The predicted octanol–water partition coefficient (Wildman–Crippen LogP) is -0.0375. The monoisotopic (exact) mass is 379 g/mol. The smallest absolute Gasteiger partial charge is 0.336 e. The van der Waals surface area contributed by atoms with Crippen molar-refractivity contribution in [1.29, 1.82) is 0 Å². The Morgan fingerprint density at radius 3 is 2.74 bits per heavy atom. The summed E-state index contributed by atoms with van der Waals surface area (Å²) in [5.74, 6) is 0.305. The van der Waals surface area contributed by atoms with Crippen LogP contribution in [0.25, 0.3) is 11.0 Å². The fourth-order valence-electron chi connectivity index (χ4n) is 2.97.